The van der Waals surface area contributed by atoms with Crippen molar-refractivity contribution in [2.45, 2.75) is 4.90 Å². The minimum absolute atomic E-state index is 0. The summed E-state index contributed by atoms with van der Waals surface area (Å²) in [5, 5.41) is 0. The summed E-state index contributed by atoms with van der Waals surface area (Å²) in [4.78, 5) is 0.387. The SMILES string of the molecule is Bc1cccc(S(C)(=O)=O)c1.O.O. The van der Waals surface area contributed by atoms with Gasteiger partial charge in [0.2, 0.25) is 0 Å². The van der Waals surface area contributed by atoms with Crippen LogP contribution in [0.15, 0.2) is 29.2 Å². The average Bonchev–Trinajstić information content (AvgIpc) is 1.86. The molecule has 0 atom stereocenters. The Morgan fingerprint density at radius 3 is 2.08 bits per heavy atom. The molecule has 1 rings (SSSR count). The third-order valence-corrected chi connectivity index (χ3v) is 2.53. The van der Waals surface area contributed by atoms with E-state index in [1.165, 1.54) is 6.26 Å². The molecule has 0 aliphatic rings. The van der Waals surface area contributed by atoms with Crippen LogP contribution in [0.4, 0.5) is 0 Å². The second kappa shape index (κ2) is 5.01. The Morgan fingerprint density at radius 2 is 1.77 bits per heavy atom. The van der Waals surface area contributed by atoms with Crippen molar-refractivity contribution < 1.29 is 19.4 Å². The molecule has 74 valence electrons. The summed E-state index contributed by atoms with van der Waals surface area (Å²) < 4.78 is 22.0. The van der Waals surface area contributed by atoms with Crippen LogP contribution in [0.1, 0.15) is 0 Å². The minimum Gasteiger partial charge on any atom is -0.412 e. The van der Waals surface area contributed by atoms with Crippen LogP contribution < -0.4 is 5.46 Å². The van der Waals surface area contributed by atoms with Gasteiger partial charge in [0, 0.05) is 6.26 Å². The maximum absolute atomic E-state index is 11.0. The molecule has 0 radical (unpaired) electrons. The summed E-state index contributed by atoms with van der Waals surface area (Å²) in [6, 6.07) is 6.87. The van der Waals surface area contributed by atoms with Crippen LogP contribution >= 0.6 is 0 Å². The molecular weight excluding hydrogens is 191 g/mol. The van der Waals surface area contributed by atoms with Gasteiger partial charge in [-0.05, 0) is 12.1 Å². The minimum atomic E-state index is -3.03. The maximum atomic E-state index is 11.0. The van der Waals surface area contributed by atoms with Crippen LogP contribution in [0.2, 0.25) is 0 Å². The quantitative estimate of drug-likeness (QED) is 0.480. The van der Waals surface area contributed by atoms with Gasteiger partial charge in [-0.3, -0.25) is 0 Å². The Bertz CT molecular complexity index is 361. The fourth-order valence-corrected chi connectivity index (χ4v) is 1.57. The predicted octanol–water partition coefficient (Wildman–Crippen LogP) is -2.30. The first-order valence-electron chi connectivity index (χ1n) is 3.27. The molecule has 6 heteroatoms. The molecule has 0 amide bonds. The molecule has 0 spiro atoms. The van der Waals surface area contributed by atoms with Gasteiger partial charge < -0.3 is 11.0 Å². The lowest BCUT2D eigenvalue weighted by molar-refractivity contribution is 0.602. The van der Waals surface area contributed by atoms with Crippen molar-refractivity contribution in [2.75, 3.05) is 6.26 Å². The Hall–Kier alpha value is -0.845. The zero-order valence-electron chi connectivity index (χ0n) is 7.53. The Morgan fingerprint density at radius 1 is 1.23 bits per heavy atom. The van der Waals surface area contributed by atoms with E-state index in [4.69, 9.17) is 0 Å². The monoisotopic (exact) mass is 204 g/mol. The molecule has 13 heavy (non-hydrogen) atoms. The highest BCUT2D eigenvalue weighted by Crippen LogP contribution is 2.04. The Balaban J connectivity index is 0. The molecule has 0 unspecified atom stereocenters. The van der Waals surface area contributed by atoms with Crippen molar-refractivity contribution in [3.63, 3.8) is 0 Å². The van der Waals surface area contributed by atoms with Gasteiger partial charge in [-0.2, -0.15) is 0 Å². The van der Waals surface area contributed by atoms with Crippen molar-refractivity contribution in [3.8, 4) is 0 Å². The highest BCUT2D eigenvalue weighted by molar-refractivity contribution is 7.90. The molecule has 0 aliphatic carbocycles. The van der Waals surface area contributed by atoms with Crippen molar-refractivity contribution in [2.24, 2.45) is 0 Å². The first-order valence-corrected chi connectivity index (χ1v) is 5.16. The molecule has 0 aromatic heterocycles. The van der Waals surface area contributed by atoms with E-state index in [0.717, 1.165) is 5.46 Å². The van der Waals surface area contributed by atoms with Crippen LogP contribution in [0.3, 0.4) is 0 Å². The summed E-state index contributed by atoms with van der Waals surface area (Å²) in [5.41, 5.74) is 0.966. The molecule has 0 heterocycles. The van der Waals surface area contributed by atoms with Gasteiger partial charge in [0.15, 0.2) is 9.84 Å². The van der Waals surface area contributed by atoms with Gasteiger partial charge >= 0.3 is 0 Å². The van der Waals surface area contributed by atoms with Gasteiger partial charge in [-0.15, -0.1) is 0 Å². The fourth-order valence-electron chi connectivity index (χ4n) is 0.846. The molecule has 1 aromatic rings. The maximum Gasteiger partial charge on any atom is 0.175 e. The number of hydrogen-bond acceptors (Lipinski definition) is 2. The van der Waals surface area contributed by atoms with Crippen molar-refractivity contribution >= 4 is 23.1 Å². The normalized spacial score (nSPS) is 9.62. The van der Waals surface area contributed by atoms with E-state index in [2.05, 4.69) is 0 Å². The van der Waals surface area contributed by atoms with E-state index < -0.39 is 9.84 Å². The predicted molar refractivity (Wildman–Crippen MR) is 55.0 cm³/mol. The second-order valence-corrected chi connectivity index (χ2v) is 4.60. The Kier molecular flexibility index (Phi) is 5.65. The van der Waals surface area contributed by atoms with Crippen LogP contribution in [0, 0.1) is 0 Å². The summed E-state index contributed by atoms with van der Waals surface area (Å²) in [6.45, 7) is 0. The third kappa shape index (κ3) is 4.07. The molecule has 4 nitrogen and oxygen atoms in total. The van der Waals surface area contributed by atoms with Crippen LogP contribution in [-0.4, -0.2) is 33.5 Å². The Labute approximate surface area is 78.5 Å². The van der Waals surface area contributed by atoms with E-state index in [-0.39, 0.29) is 11.0 Å². The van der Waals surface area contributed by atoms with Gasteiger partial charge in [0.25, 0.3) is 0 Å². The standard InChI is InChI=1S/C7H9BO2S.2H2O/c1-11(9,10)7-4-2-3-6(8)5-7;;/h2-5H,8H2,1H3;2*1H2. The van der Waals surface area contributed by atoms with Gasteiger partial charge in [0.1, 0.15) is 7.85 Å². The lowest BCUT2D eigenvalue weighted by Crippen LogP contribution is -2.05. The van der Waals surface area contributed by atoms with Crippen molar-refractivity contribution in [3.05, 3.63) is 24.3 Å². The van der Waals surface area contributed by atoms with Crippen molar-refractivity contribution in [1.29, 1.82) is 0 Å². The van der Waals surface area contributed by atoms with Crippen molar-refractivity contribution in [1.82, 2.24) is 0 Å². The van der Waals surface area contributed by atoms with E-state index >= 15 is 0 Å². The van der Waals surface area contributed by atoms with Gasteiger partial charge in [-0.25, -0.2) is 8.42 Å². The van der Waals surface area contributed by atoms with E-state index in [9.17, 15) is 8.42 Å². The van der Waals surface area contributed by atoms with Gasteiger partial charge in [0.05, 0.1) is 4.90 Å². The molecule has 0 saturated carbocycles. The van der Waals surface area contributed by atoms with Crippen LogP contribution in [0.5, 0.6) is 0 Å². The highest BCUT2D eigenvalue weighted by atomic mass is 32.2. The number of sulfone groups is 1. The summed E-state index contributed by atoms with van der Waals surface area (Å²) >= 11 is 0. The van der Waals surface area contributed by atoms with E-state index in [1.807, 2.05) is 13.9 Å². The molecule has 0 fully saturated rings. The largest absolute Gasteiger partial charge is 0.412 e. The topological polar surface area (TPSA) is 97.1 Å². The average molecular weight is 204 g/mol. The van der Waals surface area contributed by atoms with Crippen LogP contribution in [0.25, 0.3) is 0 Å². The lowest BCUT2D eigenvalue weighted by atomic mass is 9.97. The molecule has 0 saturated heterocycles. The first kappa shape index (κ1) is 14.7. The number of benzene rings is 1. The molecule has 0 bridgehead atoms. The lowest BCUT2D eigenvalue weighted by Gasteiger charge is -1.97. The molecule has 1 aromatic carbocycles. The first-order chi connectivity index (χ1) is 5.00. The third-order valence-electron chi connectivity index (χ3n) is 1.42. The summed E-state index contributed by atoms with van der Waals surface area (Å²) in [6.07, 6.45) is 1.21. The smallest absolute Gasteiger partial charge is 0.175 e. The number of hydrogen-bond donors (Lipinski definition) is 0. The van der Waals surface area contributed by atoms with E-state index in [1.54, 1.807) is 18.2 Å². The zero-order valence-corrected chi connectivity index (χ0v) is 8.35. The highest BCUT2D eigenvalue weighted by Gasteiger charge is 2.04. The van der Waals surface area contributed by atoms with E-state index in [0.29, 0.717) is 4.90 Å². The molecule has 4 N–H and O–H groups in total. The zero-order chi connectivity index (χ0) is 8.48. The number of rotatable bonds is 1. The summed E-state index contributed by atoms with van der Waals surface area (Å²) in [7, 11) is -1.16. The fraction of sp³-hybridized carbons (Fsp3) is 0.143. The molecular formula is C7H13BO4S. The summed E-state index contributed by atoms with van der Waals surface area (Å²) in [5.74, 6) is 0. The molecule has 0 aliphatic heterocycles. The van der Waals surface area contributed by atoms with Gasteiger partial charge in [-0.1, -0.05) is 17.6 Å². The van der Waals surface area contributed by atoms with Crippen LogP contribution in [-0.2, 0) is 9.84 Å². The second-order valence-electron chi connectivity index (χ2n) is 2.59.